The van der Waals surface area contributed by atoms with Gasteiger partial charge in [0.05, 0.1) is 12.3 Å². The molecule has 0 unspecified atom stereocenters. The lowest BCUT2D eigenvalue weighted by molar-refractivity contribution is -0.0937. The van der Waals surface area contributed by atoms with E-state index in [0.717, 1.165) is 19.3 Å². The number of aliphatic hydroxyl groups is 2. The smallest absolute Gasteiger partial charge is 0.434 e. The molecule has 3 rings (SSSR count). The summed E-state index contributed by atoms with van der Waals surface area (Å²) in [7, 11) is 0. The van der Waals surface area contributed by atoms with Crippen LogP contribution in [-0.4, -0.2) is 62.5 Å². The molecule has 4 atom stereocenters. The fourth-order valence-electron chi connectivity index (χ4n) is 5.65. The summed E-state index contributed by atoms with van der Waals surface area (Å²) in [5, 5.41) is 25.6. The van der Waals surface area contributed by atoms with Crippen molar-refractivity contribution in [1.82, 2.24) is 14.6 Å². The molecule has 0 spiro atoms. The van der Waals surface area contributed by atoms with E-state index in [1.54, 1.807) is 19.1 Å². The first-order valence-corrected chi connectivity index (χ1v) is 15.8. The molecule has 1 fully saturated rings. The Morgan fingerprint density at radius 2 is 1.49 bits per heavy atom. The molecule has 232 valence electrons. The van der Waals surface area contributed by atoms with Crippen LogP contribution in [0.5, 0.6) is 0 Å². The Balaban J connectivity index is 1.20. The number of carbonyl (C=O) groups is 1. The maximum atomic E-state index is 12.1. The molecule has 0 amide bonds. The first kappa shape index (κ1) is 33.1. The highest BCUT2D eigenvalue weighted by Crippen LogP contribution is 2.40. The standard InChI is InChI=1S/C31H52N4O6/c1-3-4-5-6-7-8-9-10-11-12-13-14-15-16-17-18-21-39-30(38)40-22-25-27(36)28(37)31(2,41-25)26-20-19-24-29(32)33-23-34-35(24)26/h19-20,23,25,27-28,36-37H,3-18,21-22H2,1-2H3,(H2,32,33,34)/t25-,27-,28-,31+/m1/s1. The van der Waals surface area contributed by atoms with E-state index in [1.165, 1.54) is 94.3 Å². The average Bonchev–Trinajstić information content (AvgIpc) is 3.50. The maximum absolute atomic E-state index is 12.1. The van der Waals surface area contributed by atoms with Crippen LogP contribution in [0.4, 0.5) is 10.6 Å². The van der Waals surface area contributed by atoms with E-state index in [9.17, 15) is 15.0 Å². The molecule has 0 aliphatic carbocycles. The van der Waals surface area contributed by atoms with E-state index in [1.807, 2.05) is 0 Å². The van der Waals surface area contributed by atoms with Crippen LogP contribution in [0, 0.1) is 0 Å². The van der Waals surface area contributed by atoms with Gasteiger partial charge in [-0.1, -0.05) is 103 Å². The van der Waals surface area contributed by atoms with Crippen LogP contribution in [-0.2, 0) is 19.8 Å². The van der Waals surface area contributed by atoms with Crippen LogP contribution >= 0.6 is 0 Å². The summed E-state index contributed by atoms with van der Waals surface area (Å²) in [5.41, 5.74) is 5.68. The Labute approximate surface area is 245 Å². The molecule has 10 nitrogen and oxygen atoms in total. The minimum atomic E-state index is -1.29. The quantitative estimate of drug-likeness (QED) is 0.127. The number of carbonyl (C=O) groups excluding carboxylic acids is 1. The maximum Gasteiger partial charge on any atom is 0.508 e. The van der Waals surface area contributed by atoms with Gasteiger partial charge in [0.15, 0.2) is 5.82 Å². The number of hydrogen-bond acceptors (Lipinski definition) is 9. The lowest BCUT2D eigenvalue weighted by Gasteiger charge is -2.27. The van der Waals surface area contributed by atoms with E-state index in [-0.39, 0.29) is 12.4 Å². The number of hydrogen-bond donors (Lipinski definition) is 3. The van der Waals surface area contributed by atoms with Gasteiger partial charge < -0.3 is 30.2 Å². The van der Waals surface area contributed by atoms with Crippen molar-refractivity contribution >= 4 is 17.5 Å². The summed E-state index contributed by atoms with van der Waals surface area (Å²) in [6, 6.07) is 3.43. The molecular formula is C31H52N4O6. The van der Waals surface area contributed by atoms with Gasteiger partial charge in [-0.3, -0.25) is 0 Å². The molecular weight excluding hydrogens is 524 g/mol. The summed E-state index contributed by atoms with van der Waals surface area (Å²) < 4.78 is 17.9. The zero-order valence-corrected chi connectivity index (χ0v) is 25.1. The first-order chi connectivity index (χ1) is 19.9. The Morgan fingerprint density at radius 1 is 0.927 bits per heavy atom. The van der Waals surface area contributed by atoms with E-state index in [0.29, 0.717) is 17.8 Å². The normalized spacial score (nSPS) is 22.4. The van der Waals surface area contributed by atoms with Gasteiger partial charge in [0, 0.05) is 0 Å². The molecule has 2 aromatic heterocycles. The number of aliphatic hydroxyl groups excluding tert-OH is 2. The van der Waals surface area contributed by atoms with Gasteiger partial charge in [0.1, 0.15) is 42.4 Å². The van der Waals surface area contributed by atoms with Gasteiger partial charge in [-0.25, -0.2) is 14.3 Å². The van der Waals surface area contributed by atoms with E-state index >= 15 is 0 Å². The van der Waals surface area contributed by atoms with Crippen LogP contribution in [0.1, 0.15) is 122 Å². The van der Waals surface area contributed by atoms with E-state index < -0.39 is 30.1 Å². The Bertz CT molecular complexity index is 1030. The molecule has 2 aromatic rings. The molecule has 10 heteroatoms. The molecule has 41 heavy (non-hydrogen) atoms. The summed E-state index contributed by atoms with van der Waals surface area (Å²) >= 11 is 0. The molecule has 1 aliphatic heterocycles. The lowest BCUT2D eigenvalue weighted by Crippen LogP contribution is -2.39. The van der Waals surface area contributed by atoms with Crippen molar-refractivity contribution < 1.29 is 29.2 Å². The van der Waals surface area contributed by atoms with Crippen molar-refractivity contribution in [2.75, 3.05) is 18.9 Å². The molecule has 4 N–H and O–H groups in total. The number of nitrogens with zero attached hydrogens (tertiary/aromatic N) is 3. The van der Waals surface area contributed by atoms with Crippen LogP contribution < -0.4 is 5.73 Å². The van der Waals surface area contributed by atoms with Gasteiger partial charge in [-0.2, -0.15) is 5.10 Å². The van der Waals surface area contributed by atoms with E-state index in [4.69, 9.17) is 19.9 Å². The summed E-state index contributed by atoms with van der Waals surface area (Å²) in [6.07, 6.45) is 17.6. The first-order valence-electron chi connectivity index (χ1n) is 15.8. The number of nitrogen functional groups attached to an aromatic ring is 1. The number of unbranched alkanes of at least 4 members (excludes halogenated alkanes) is 15. The van der Waals surface area contributed by atoms with Crippen LogP contribution in [0.15, 0.2) is 18.5 Å². The second-order valence-corrected chi connectivity index (χ2v) is 11.6. The highest BCUT2D eigenvalue weighted by atomic mass is 16.7. The number of aromatic nitrogens is 3. The largest absolute Gasteiger partial charge is 0.508 e. The summed E-state index contributed by atoms with van der Waals surface area (Å²) in [4.78, 5) is 16.0. The predicted molar refractivity (Wildman–Crippen MR) is 158 cm³/mol. The van der Waals surface area contributed by atoms with Gasteiger partial charge in [-0.15, -0.1) is 0 Å². The highest BCUT2D eigenvalue weighted by Gasteiger charge is 2.54. The van der Waals surface area contributed by atoms with Crippen molar-refractivity contribution in [2.45, 2.75) is 140 Å². The van der Waals surface area contributed by atoms with Crippen molar-refractivity contribution in [3.05, 3.63) is 24.2 Å². The minimum absolute atomic E-state index is 0.244. The third kappa shape index (κ3) is 9.82. The third-order valence-electron chi connectivity index (χ3n) is 8.24. The van der Waals surface area contributed by atoms with Crippen molar-refractivity contribution in [3.63, 3.8) is 0 Å². The molecule has 3 heterocycles. The van der Waals surface area contributed by atoms with Crippen LogP contribution in [0.25, 0.3) is 5.52 Å². The molecule has 0 bridgehead atoms. The SMILES string of the molecule is CCCCCCCCCCCCCCCCCCOC(=O)OC[C@H]1O[C@@](C)(c2ccc3c(N)ncnn23)[C@H](O)[C@@H]1O. The zero-order valence-electron chi connectivity index (χ0n) is 25.1. The highest BCUT2D eigenvalue weighted by molar-refractivity contribution is 5.65. The third-order valence-corrected chi connectivity index (χ3v) is 8.24. The van der Waals surface area contributed by atoms with Crippen molar-refractivity contribution in [1.29, 1.82) is 0 Å². The number of nitrogens with two attached hydrogens (primary N) is 1. The number of anilines is 1. The average molecular weight is 577 g/mol. The summed E-state index contributed by atoms with van der Waals surface area (Å²) in [6.45, 7) is 3.96. The second kappa shape index (κ2) is 17.5. The Morgan fingerprint density at radius 3 is 2.07 bits per heavy atom. The lowest BCUT2D eigenvalue weighted by atomic mass is 9.93. The van der Waals surface area contributed by atoms with Crippen LogP contribution in [0.2, 0.25) is 0 Å². The molecule has 0 radical (unpaired) electrons. The molecule has 0 aromatic carbocycles. The number of fused-ring (bicyclic) bond motifs is 1. The van der Waals surface area contributed by atoms with Gasteiger partial charge in [-0.05, 0) is 25.5 Å². The Kier molecular flexibility index (Phi) is 14.1. The summed E-state index contributed by atoms with van der Waals surface area (Å²) in [5.74, 6) is 0.287. The van der Waals surface area contributed by atoms with Gasteiger partial charge in [0.2, 0.25) is 0 Å². The molecule has 1 aliphatic rings. The van der Waals surface area contributed by atoms with Crippen molar-refractivity contribution in [3.8, 4) is 0 Å². The van der Waals surface area contributed by atoms with Gasteiger partial charge >= 0.3 is 6.16 Å². The number of ether oxygens (including phenoxy) is 3. The Hall–Kier alpha value is -2.43. The fourth-order valence-corrected chi connectivity index (χ4v) is 5.65. The zero-order chi connectivity index (χ0) is 29.5. The second-order valence-electron chi connectivity index (χ2n) is 11.6. The predicted octanol–water partition coefficient (Wildman–Crippen LogP) is 6.06. The van der Waals surface area contributed by atoms with Crippen LogP contribution in [0.3, 0.4) is 0 Å². The van der Waals surface area contributed by atoms with Crippen molar-refractivity contribution in [2.24, 2.45) is 0 Å². The monoisotopic (exact) mass is 576 g/mol. The fraction of sp³-hybridized carbons (Fsp3) is 0.774. The topological polar surface area (TPSA) is 141 Å². The van der Waals surface area contributed by atoms with E-state index in [2.05, 4.69) is 17.0 Å². The van der Waals surface area contributed by atoms with Gasteiger partial charge in [0.25, 0.3) is 0 Å². The number of rotatable bonds is 20. The minimum Gasteiger partial charge on any atom is -0.434 e. The molecule has 1 saturated heterocycles. The molecule has 0 saturated carbocycles.